The molecule has 1 amide bonds. The minimum absolute atomic E-state index is 0.229. The van der Waals surface area contributed by atoms with Crippen molar-refractivity contribution < 1.29 is 31.1 Å². The monoisotopic (exact) mass is 433 g/mol. The zero-order valence-corrected chi connectivity index (χ0v) is 17.5. The molecular formula is C20H26F3NO4S. The van der Waals surface area contributed by atoms with Gasteiger partial charge in [0.1, 0.15) is 10.9 Å². The van der Waals surface area contributed by atoms with Crippen molar-refractivity contribution in [2.24, 2.45) is 0 Å². The Morgan fingerprint density at radius 2 is 1.69 bits per heavy atom. The van der Waals surface area contributed by atoms with Gasteiger partial charge in [-0.2, -0.15) is 13.2 Å². The van der Waals surface area contributed by atoms with Crippen molar-refractivity contribution >= 4 is 15.9 Å². The van der Waals surface area contributed by atoms with Gasteiger partial charge < -0.3 is 9.64 Å². The molecule has 5 nitrogen and oxygen atoms in total. The van der Waals surface area contributed by atoms with Crippen LogP contribution in [0.1, 0.15) is 50.0 Å². The Bertz CT molecular complexity index is 834. The molecule has 0 bridgehead atoms. The highest BCUT2D eigenvalue weighted by atomic mass is 32.2. The molecule has 1 aromatic rings. The fraction of sp³-hybridized carbons (Fsp3) is 0.550. The van der Waals surface area contributed by atoms with Crippen molar-refractivity contribution in [2.75, 3.05) is 13.1 Å². The Morgan fingerprint density at radius 3 is 2.10 bits per heavy atom. The van der Waals surface area contributed by atoms with Crippen molar-refractivity contribution in [1.82, 2.24) is 4.90 Å². The van der Waals surface area contributed by atoms with Gasteiger partial charge in [0.15, 0.2) is 9.84 Å². The first-order valence-corrected chi connectivity index (χ1v) is 10.9. The van der Waals surface area contributed by atoms with E-state index in [9.17, 15) is 26.4 Å². The molecule has 2 rings (SSSR count). The Kier molecular flexibility index (Phi) is 6.71. The minimum atomic E-state index is -4.49. The van der Waals surface area contributed by atoms with Crippen LogP contribution in [0.15, 0.2) is 36.9 Å². The van der Waals surface area contributed by atoms with E-state index in [0.29, 0.717) is 0 Å². The average molecular weight is 433 g/mol. The highest BCUT2D eigenvalue weighted by Crippen LogP contribution is 2.34. The molecule has 0 spiro atoms. The number of hydrogen-bond acceptors (Lipinski definition) is 4. The lowest BCUT2D eigenvalue weighted by atomic mass is 10.1. The Balaban J connectivity index is 2.11. The molecule has 1 aliphatic heterocycles. The predicted octanol–water partition coefficient (Wildman–Crippen LogP) is 4.75. The first kappa shape index (κ1) is 23.3. The summed E-state index contributed by atoms with van der Waals surface area (Å²) in [7, 11) is -3.74. The minimum Gasteiger partial charge on any atom is -0.444 e. The lowest BCUT2D eigenvalue weighted by Crippen LogP contribution is -2.45. The lowest BCUT2D eigenvalue weighted by molar-refractivity contribution is -0.137. The second kappa shape index (κ2) is 8.38. The first-order chi connectivity index (χ1) is 13.3. The van der Waals surface area contributed by atoms with Gasteiger partial charge in [-0.25, -0.2) is 13.2 Å². The summed E-state index contributed by atoms with van der Waals surface area (Å²) in [6.45, 7) is 9.28. The second-order valence-corrected chi connectivity index (χ2v) is 10.4. The summed E-state index contributed by atoms with van der Waals surface area (Å²) >= 11 is 0. The van der Waals surface area contributed by atoms with Gasteiger partial charge in [0, 0.05) is 13.1 Å². The largest absolute Gasteiger partial charge is 0.444 e. The number of alkyl halides is 3. The maximum Gasteiger partial charge on any atom is 0.416 e. The molecule has 0 radical (unpaired) electrons. The third-order valence-electron chi connectivity index (χ3n) is 4.69. The lowest BCUT2D eigenvalue weighted by Gasteiger charge is -2.34. The average Bonchev–Trinajstić information content (AvgIpc) is 2.60. The molecule has 0 aliphatic carbocycles. The van der Waals surface area contributed by atoms with Crippen molar-refractivity contribution in [1.29, 1.82) is 0 Å². The third kappa shape index (κ3) is 5.74. The molecule has 1 unspecified atom stereocenters. The van der Waals surface area contributed by atoms with Crippen molar-refractivity contribution in [3.63, 3.8) is 0 Å². The van der Waals surface area contributed by atoms with E-state index < -0.39 is 43.8 Å². The summed E-state index contributed by atoms with van der Waals surface area (Å²) in [6.07, 6.45) is -3.29. The van der Waals surface area contributed by atoms with Crippen LogP contribution in [0.2, 0.25) is 0 Å². The van der Waals surface area contributed by atoms with Gasteiger partial charge in [0.2, 0.25) is 0 Å². The van der Waals surface area contributed by atoms with Gasteiger partial charge in [-0.3, -0.25) is 0 Å². The molecular weight excluding hydrogens is 407 g/mol. The Morgan fingerprint density at radius 1 is 1.17 bits per heavy atom. The number of hydrogen-bond donors (Lipinski definition) is 0. The summed E-state index contributed by atoms with van der Waals surface area (Å²) in [5.41, 5.74) is -1.24. The van der Waals surface area contributed by atoms with Gasteiger partial charge in [0.25, 0.3) is 0 Å². The van der Waals surface area contributed by atoms with Gasteiger partial charge in [0.05, 0.1) is 10.8 Å². The number of likely N-dealkylation sites (tertiary alicyclic amines) is 1. The quantitative estimate of drug-likeness (QED) is 0.643. The molecule has 0 aromatic heterocycles. The predicted molar refractivity (Wildman–Crippen MR) is 104 cm³/mol. The molecule has 1 aromatic carbocycles. The smallest absolute Gasteiger partial charge is 0.416 e. The third-order valence-corrected chi connectivity index (χ3v) is 7.27. The SMILES string of the molecule is C=CC(c1ccc(C(F)(F)F)cc1)S(=O)(=O)C1CCN(C(=O)OC(C)(C)C)CC1. The highest BCUT2D eigenvalue weighted by Gasteiger charge is 2.38. The van der Waals surface area contributed by atoms with Crippen LogP contribution in [-0.2, 0) is 20.8 Å². The van der Waals surface area contributed by atoms with Crippen LogP contribution in [0.5, 0.6) is 0 Å². The molecule has 1 atom stereocenters. The molecule has 9 heteroatoms. The van der Waals surface area contributed by atoms with E-state index in [1.807, 2.05) is 0 Å². The highest BCUT2D eigenvalue weighted by molar-refractivity contribution is 7.92. The van der Waals surface area contributed by atoms with Gasteiger partial charge in [-0.1, -0.05) is 18.2 Å². The number of carbonyl (C=O) groups excluding carboxylic acids is 1. The van der Waals surface area contributed by atoms with Crippen LogP contribution < -0.4 is 0 Å². The number of rotatable bonds is 4. The number of benzene rings is 1. The number of nitrogens with zero attached hydrogens (tertiary/aromatic N) is 1. The number of sulfone groups is 1. The Hall–Kier alpha value is -2.03. The van der Waals surface area contributed by atoms with Gasteiger partial charge >= 0.3 is 12.3 Å². The van der Waals surface area contributed by atoms with Crippen LogP contribution >= 0.6 is 0 Å². The van der Waals surface area contributed by atoms with Crippen LogP contribution in [0.3, 0.4) is 0 Å². The van der Waals surface area contributed by atoms with E-state index in [4.69, 9.17) is 4.74 Å². The fourth-order valence-electron chi connectivity index (χ4n) is 3.22. The van der Waals surface area contributed by atoms with E-state index in [-0.39, 0.29) is 31.5 Å². The molecule has 0 saturated carbocycles. The molecule has 29 heavy (non-hydrogen) atoms. The molecule has 1 heterocycles. The van der Waals surface area contributed by atoms with Crippen LogP contribution in [0.4, 0.5) is 18.0 Å². The van der Waals surface area contributed by atoms with Crippen LogP contribution in [0.25, 0.3) is 0 Å². The number of piperidine rings is 1. The maximum atomic E-state index is 13.1. The zero-order chi connectivity index (χ0) is 22.0. The first-order valence-electron chi connectivity index (χ1n) is 9.26. The summed E-state index contributed by atoms with van der Waals surface area (Å²) in [4.78, 5) is 13.6. The summed E-state index contributed by atoms with van der Waals surface area (Å²) in [6, 6.07) is 4.07. The topological polar surface area (TPSA) is 63.7 Å². The zero-order valence-electron chi connectivity index (χ0n) is 16.7. The fourth-order valence-corrected chi connectivity index (χ4v) is 5.31. The van der Waals surface area contributed by atoms with E-state index in [0.717, 1.165) is 12.1 Å². The summed E-state index contributed by atoms with van der Waals surface area (Å²) in [5.74, 6) is 0. The van der Waals surface area contributed by atoms with Gasteiger partial charge in [-0.15, -0.1) is 6.58 Å². The Labute approximate surface area is 169 Å². The van der Waals surface area contributed by atoms with E-state index >= 15 is 0 Å². The summed E-state index contributed by atoms with van der Waals surface area (Å²) in [5, 5.41) is -1.82. The number of halogens is 3. The molecule has 0 N–H and O–H groups in total. The van der Waals surface area contributed by atoms with E-state index in [1.54, 1.807) is 20.8 Å². The summed E-state index contributed by atoms with van der Waals surface area (Å²) < 4.78 is 69.7. The molecule has 1 saturated heterocycles. The number of amides is 1. The molecule has 162 valence electrons. The number of carbonyl (C=O) groups is 1. The molecule has 1 fully saturated rings. The van der Waals surface area contributed by atoms with Crippen LogP contribution in [0, 0.1) is 0 Å². The van der Waals surface area contributed by atoms with Crippen molar-refractivity contribution in [3.8, 4) is 0 Å². The normalized spacial score (nSPS) is 17.7. The van der Waals surface area contributed by atoms with Gasteiger partial charge in [-0.05, 0) is 51.3 Å². The number of ether oxygens (including phenoxy) is 1. The van der Waals surface area contributed by atoms with Crippen molar-refractivity contribution in [3.05, 3.63) is 48.0 Å². The van der Waals surface area contributed by atoms with E-state index in [2.05, 4.69) is 6.58 Å². The molecule has 1 aliphatic rings. The van der Waals surface area contributed by atoms with Crippen molar-refractivity contribution in [2.45, 2.75) is 55.9 Å². The maximum absolute atomic E-state index is 13.1. The van der Waals surface area contributed by atoms with E-state index in [1.165, 1.54) is 23.1 Å². The second-order valence-electron chi connectivity index (χ2n) is 8.03. The standard InChI is InChI=1S/C20H26F3NO4S/c1-5-17(14-6-8-15(9-7-14)20(21,22)23)29(26,27)16-10-12-24(13-11-16)18(25)28-19(2,3)4/h5-9,16-17H,1,10-13H2,2-4H3. The van der Waals surface area contributed by atoms with Crippen LogP contribution in [-0.4, -0.2) is 43.4 Å².